The van der Waals surface area contributed by atoms with Gasteiger partial charge in [0.05, 0.1) is 0 Å². The van der Waals surface area contributed by atoms with Crippen molar-refractivity contribution in [1.29, 1.82) is 0 Å². The van der Waals surface area contributed by atoms with E-state index in [-0.39, 0.29) is 31.1 Å². The molecular weight excluding hydrogens is 829 g/mol. The van der Waals surface area contributed by atoms with Gasteiger partial charge in [0, 0.05) is 19.3 Å². The van der Waals surface area contributed by atoms with Crippen LogP contribution in [0.4, 0.5) is 0 Å². The first kappa shape index (κ1) is 64.1. The number of carbonyl (C=O) groups excluding carboxylic acids is 3. The van der Waals surface area contributed by atoms with E-state index >= 15 is 0 Å². The van der Waals surface area contributed by atoms with Gasteiger partial charge in [-0.2, -0.15) is 0 Å². The molecule has 0 fully saturated rings. The fourth-order valence-corrected chi connectivity index (χ4v) is 8.21. The molecule has 67 heavy (non-hydrogen) atoms. The lowest BCUT2D eigenvalue weighted by atomic mass is 10.0. The molecule has 6 nitrogen and oxygen atoms in total. The van der Waals surface area contributed by atoms with Crippen molar-refractivity contribution in [3.05, 3.63) is 60.8 Å². The Labute approximate surface area is 415 Å². The number of esters is 3. The smallest absolute Gasteiger partial charge is 0.306 e. The highest BCUT2D eigenvalue weighted by molar-refractivity contribution is 5.71. The molecule has 0 spiro atoms. The lowest BCUT2D eigenvalue weighted by molar-refractivity contribution is -0.167. The van der Waals surface area contributed by atoms with E-state index in [0.29, 0.717) is 19.3 Å². The Morgan fingerprint density at radius 1 is 0.328 bits per heavy atom. The molecule has 0 aromatic carbocycles. The van der Waals surface area contributed by atoms with E-state index in [1.807, 2.05) is 0 Å². The van der Waals surface area contributed by atoms with Gasteiger partial charge >= 0.3 is 17.9 Å². The zero-order valence-corrected chi connectivity index (χ0v) is 44.4. The normalized spacial score (nSPS) is 12.5. The number of hydrogen-bond acceptors (Lipinski definition) is 6. The minimum atomic E-state index is -0.788. The summed E-state index contributed by atoms with van der Waals surface area (Å²) in [6, 6.07) is 0. The van der Waals surface area contributed by atoms with Crippen LogP contribution in [-0.4, -0.2) is 37.2 Å². The van der Waals surface area contributed by atoms with Gasteiger partial charge in [-0.25, -0.2) is 0 Å². The summed E-state index contributed by atoms with van der Waals surface area (Å²) in [6.07, 6.45) is 69.2. The van der Waals surface area contributed by atoms with Gasteiger partial charge in [-0.3, -0.25) is 14.4 Å². The summed E-state index contributed by atoms with van der Waals surface area (Å²) in [7, 11) is 0. The Morgan fingerprint density at radius 2 is 0.627 bits per heavy atom. The minimum absolute atomic E-state index is 0.0839. The first-order valence-corrected chi connectivity index (χ1v) is 28.8. The third-order valence-corrected chi connectivity index (χ3v) is 12.5. The van der Waals surface area contributed by atoms with Crippen molar-refractivity contribution in [3.8, 4) is 0 Å². The van der Waals surface area contributed by atoms with Gasteiger partial charge in [0.25, 0.3) is 0 Å². The molecule has 0 N–H and O–H groups in total. The molecule has 0 amide bonds. The highest BCUT2D eigenvalue weighted by Crippen LogP contribution is 2.16. The fraction of sp³-hybridized carbons (Fsp3) is 0.787. The largest absolute Gasteiger partial charge is 0.462 e. The van der Waals surface area contributed by atoms with Crippen LogP contribution in [0.25, 0.3) is 0 Å². The molecule has 0 aliphatic rings. The fourth-order valence-electron chi connectivity index (χ4n) is 8.21. The Bertz CT molecular complexity index is 1210. The molecule has 0 bridgehead atoms. The Kier molecular flexibility index (Phi) is 53.3. The van der Waals surface area contributed by atoms with Crippen molar-refractivity contribution in [2.75, 3.05) is 13.2 Å². The minimum Gasteiger partial charge on any atom is -0.462 e. The van der Waals surface area contributed by atoms with E-state index in [2.05, 4.69) is 81.5 Å². The average molecular weight is 938 g/mol. The van der Waals surface area contributed by atoms with Crippen molar-refractivity contribution in [3.63, 3.8) is 0 Å². The summed E-state index contributed by atoms with van der Waals surface area (Å²) in [5, 5.41) is 0. The van der Waals surface area contributed by atoms with Gasteiger partial charge in [0.1, 0.15) is 13.2 Å². The number of carbonyl (C=O) groups is 3. The van der Waals surface area contributed by atoms with Crippen molar-refractivity contribution >= 4 is 17.9 Å². The van der Waals surface area contributed by atoms with Crippen LogP contribution in [0.5, 0.6) is 0 Å². The van der Waals surface area contributed by atoms with Gasteiger partial charge in [0.2, 0.25) is 0 Å². The number of unbranched alkanes of at least 4 members (excludes halogenated alkanes) is 32. The van der Waals surface area contributed by atoms with E-state index in [1.54, 1.807) is 0 Å². The highest BCUT2D eigenvalue weighted by Gasteiger charge is 2.19. The van der Waals surface area contributed by atoms with Crippen LogP contribution in [0.2, 0.25) is 0 Å². The summed E-state index contributed by atoms with van der Waals surface area (Å²) < 4.78 is 16.8. The molecule has 0 aliphatic heterocycles. The third kappa shape index (κ3) is 53.9. The van der Waals surface area contributed by atoms with E-state index in [1.165, 1.54) is 161 Å². The second kappa shape index (κ2) is 55.7. The highest BCUT2D eigenvalue weighted by atomic mass is 16.6. The zero-order chi connectivity index (χ0) is 48.6. The standard InChI is InChI=1S/C61H108O6/c1-4-7-10-13-16-19-22-25-28-30-31-32-34-36-39-42-45-48-51-54-60(63)66-57-58(56-65-59(62)53-50-47-44-41-38-35-27-24-21-18-15-12-9-6-3)67-61(64)55-52-49-46-43-40-37-33-29-26-23-20-17-14-11-8-5-2/h7,10,16,19,25,28-29,33,37,40,58H,4-6,8-9,11-15,17-18,20-24,26-27,30-32,34-36,38-39,41-57H2,1-3H3/b10-7-,19-16-,28-25-,33-29-,40-37-. The second-order valence-electron chi connectivity index (χ2n) is 19.2. The van der Waals surface area contributed by atoms with Gasteiger partial charge in [-0.05, 0) is 77.0 Å². The number of hydrogen-bond donors (Lipinski definition) is 0. The maximum Gasteiger partial charge on any atom is 0.306 e. The first-order valence-electron chi connectivity index (χ1n) is 28.8. The molecular formula is C61H108O6. The predicted octanol–water partition coefficient (Wildman–Crippen LogP) is 19.2. The average Bonchev–Trinajstić information content (AvgIpc) is 3.33. The Morgan fingerprint density at radius 3 is 1.01 bits per heavy atom. The maximum atomic E-state index is 12.8. The zero-order valence-electron chi connectivity index (χ0n) is 44.4. The van der Waals surface area contributed by atoms with Crippen LogP contribution in [-0.2, 0) is 28.6 Å². The quantitative estimate of drug-likeness (QED) is 0.0199. The van der Waals surface area contributed by atoms with Crippen LogP contribution < -0.4 is 0 Å². The van der Waals surface area contributed by atoms with Crippen LogP contribution in [0.1, 0.15) is 290 Å². The van der Waals surface area contributed by atoms with Crippen LogP contribution in [0.15, 0.2) is 60.8 Å². The molecule has 388 valence electrons. The third-order valence-electron chi connectivity index (χ3n) is 12.5. The van der Waals surface area contributed by atoms with Crippen LogP contribution >= 0.6 is 0 Å². The summed E-state index contributed by atoms with van der Waals surface area (Å²) in [6.45, 7) is 6.53. The van der Waals surface area contributed by atoms with E-state index < -0.39 is 6.10 Å². The van der Waals surface area contributed by atoms with Crippen molar-refractivity contribution in [2.24, 2.45) is 0 Å². The summed E-state index contributed by atoms with van der Waals surface area (Å²) >= 11 is 0. The topological polar surface area (TPSA) is 78.9 Å². The molecule has 0 rings (SSSR count). The van der Waals surface area contributed by atoms with Gasteiger partial charge in [0.15, 0.2) is 6.10 Å². The first-order chi connectivity index (χ1) is 33.0. The van der Waals surface area contributed by atoms with Crippen LogP contribution in [0.3, 0.4) is 0 Å². The van der Waals surface area contributed by atoms with E-state index in [4.69, 9.17) is 14.2 Å². The van der Waals surface area contributed by atoms with Crippen molar-refractivity contribution in [1.82, 2.24) is 0 Å². The number of allylic oxidation sites excluding steroid dienone is 10. The molecule has 0 aromatic heterocycles. The van der Waals surface area contributed by atoms with Gasteiger partial charge in [-0.1, -0.05) is 255 Å². The predicted molar refractivity (Wildman–Crippen MR) is 288 cm³/mol. The molecule has 0 radical (unpaired) electrons. The van der Waals surface area contributed by atoms with Gasteiger partial charge in [-0.15, -0.1) is 0 Å². The molecule has 6 heteroatoms. The molecule has 0 saturated heterocycles. The molecule has 0 heterocycles. The Hall–Kier alpha value is -2.89. The van der Waals surface area contributed by atoms with Gasteiger partial charge < -0.3 is 14.2 Å². The SMILES string of the molecule is CC/C=C\C/C=C\C/C=C\CCCCCCCCCCCC(=O)OCC(COC(=O)CCCCCCCCCCCCCCCC)OC(=O)CCCCC/C=C\C=C/CCCCCCCCC. The number of ether oxygens (including phenoxy) is 3. The lowest BCUT2D eigenvalue weighted by Crippen LogP contribution is -2.30. The maximum absolute atomic E-state index is 12.8. The molecule has 0 saturated carbocycles. The molecule has 0 aliphatic carbocycles. The number of rotatable bonds is 52. The lowest BCUT2D eigenvalue weighted by Gasteiger charge is -2.18. The molecule has 0 aromatic rings. The monoisotopic (exact) mass is 937 g/mol. The molecule has 1 unspecified atom stereocenters. The second-order valence-corrected chi connectivity index (χ2v) is 19.2. The summed E-state index contributed by atoms with van der Waals surface area (Å²) in [5.74, 6) is -0.904. The molecule has 1 atom stereocenters. The summed E-state index contributed by atoms with van der Waals surface area (Å²) in [4.78, 5) is 38.1. The van der Waals surface area contributed by atoms with E-state index in [9.17, 15) is 14.4 Å². The summed E-state index contributed by atoms with van der Waals surface area (Å²) in [5.41, 5.74) is 0. The van der Waals surface area contributed by atoms with Crippen molar-refractivity contribution < 1.29 is 28.6 Å². The van der Waals surface area contributed by atoms with E-state index in [0.717, 1.165) is 89.9 Å². The Balaban J connectivity index is 4.39. The van der Waals surface area contributed by atoms with Crippen molar-refractivity contribution in [2.45, 2.75) is 297 Å². The van der Waals surface area contributed by atoms with Crippen LogP contribution in [0, 0.1) is 0 Å².